The molecule has 2 aromatic carbocycles. The topological polar surface area (TPSA) is 122 Å². The van der Waals surface area contributed by atoms with Gasteiger partial charge in [-0.05, 0) is 67.9 Å². The third-order valence-corrected chi connectivity index (χ3v) is 10.4. The van der Waals surface area contributed by atoms with Crippen molar-refractivity contribution in [2.75, 3.05) is 45.3 Å². The van der Waals surface area contributed by atoms with Gasteiger partial charge in [-0.15, -0.1) is 11.3 Å². The van der Waals surface area contributed by atoms with Gasteiger partial charge in [0.2, 0.25) is 17.7 Å². The molecule has 2 saturated heterocycles. The molecule has 10 nitrogen and oxygen atoms in total. The van der Waals surface area contributed by atoms with Gasteiger partial charge in [0, 0.05) is 49.7 Å². The summed E-state index contributed by atoms with van der Waals surface area (Å²) in [7, 11) is 1.63. The molecule has 3 N–H and O–H groups in total. The number of methoxy groups -OCH3 is 1. The number of hydrogen-bond donors (Lipinski definition) is 3. The van der Waals surface area contributed by atoms with Crippen molar-refractivity contribution in [3.05, 3.63) is 77.7 Å². The van der Waals surface area contributed by atoms with Crippen molar-refractivity contribution in [2.45, 2.75) is 50.6 Å². The normalized spacial score (nSPS) is 24.1. The number of rotatable bonds is 7. The van der Waals surface area contributed by atoms with Crippen LogP contribution in [0.3, 0.4) is 0 Å². The summed E-state index contributed by atoms with van der Waals surface area (Å²) in [5.74, 6) is 0.553. The van der Waals surface area contributed by atoms with Gasteiger partial charge in [0.1, 0.15) is 11.8 Å². The molecule has 0 bridgehead atoms. The number of ether oxygens (including phenoxy) is 2. The predicted molar refractivity (Wildman–Crippen MR) is 182 cm³/mol. The SMILES string of the molecule is COc1ccc(-c2csc(NC(=O)CN3CC[C@H]4NC(=O)[C@H](Cc5ccccc5)NC(=O)C5(C/C=C/C[C@H]4C3)CCOCC5)n2)cc1. The van der Waals surface area contributed by atoms with Gasteiger partial charge in [-0.25, -0.2) is 4.98 Å². The van der Waals surface area contributed by atoms with Crippen LogP contribution in [0.2, 0.25) is 0 Å². The first-order valence-electron chi connectivity index (χ1n) is 16.4. The van der Waals surface area contributed by atoms with Crippen LogP contribution in [-0.2, 0) is 25.5 Å². The molecular formula is C36H43N5O5S. The fraction of sp³-hybridized carbons (Fsp3) is 0.444. The lowest BCUT2D eigenvalue weighted by Gasteiger charge is -2.40. The molecule has 2 fully saturated rings. The molecule has 0 radical (unpaired) electrons. The van der Waals surface area contributed by atoms with Crippen molar-refractivity contribution in [1.82, 2.24) is 20.5 Å². The first kappa shape index (κ1) is 32.9. The minimum absolute atomic E-state index is 0.0656. The van der Waals surface area contributed by atoms with Crippen molar-refractivity contribution < 1.29 is 23.9 Å². The zero-order chi connectivity index (χ0) is 32.6. The summed E-state index contributed by atoms with van der Waals surface area (Å²) in [6.07, 6.45) is 8.02. The van der Waals surface area contributed by atoms with Crippen LogP contribution in [0.4, 0.5) is 5.13 Å². The van der Waals surface area contributed by atoms with Crippen LogP contribution >= 0.6 is 11.3 Å². The molecule has 6 rings (SSSR count). The van der Waals surface area contributed by atoms with Gasteiger partial charge in [0.05, 0.1) is 24.8 Å². The Balaban J connectivity index is 1.12. The predicted octanol–water partition coefficient (Wildman–Crippen LogP) is 4.44. The number of carbonyl (C=O) groups excluding carboxylic acids is 3. The number of fused-ring (bicyclic) bond motifs is 1. The van der Waals surface area contributed by atoms with Crippen molar-refractivity contribution in [2.24, 2.45) is 11.3 Å². The summed E-state index contributed by atoms with van der Waals surface area (Å²) < 4.78 is 10.9. The van der Waals surface area contributed by atoms with Crippen molar-refractivity contribution in [3.63, 3.8) is 0 Å². The number of aromatic nitrogens is 1. The van der Waals surface area contributed by atoms with Crippen LogP contribution in [0.5, 0.6) is 5.75 Å². The van der Waals surface area contributed by atoms with Gasteiger partial charge in [-0.2, -0.15) is 0 Å². The van der Waals surface area contributed by atoms with E-state index in [1.807, 2.05) is 60.0 Å². The van der Waals surface area contributed by atoms with E-state index in [1.165, 1.54) is 11.3 Å². The highest BCUT2D eigenvalue weighted by molar-refractivity contribution is 7.14. The molecule has 0 saturated carbocycles. The second-order valence-electron chi connectivity index (χ2n) is 12.7. The first-order chi connectivity index (χ1) is 22.9. The van der Waals surface area contributed by atoms with Crippen LogP contribution < -0.4 is 20.7 Å². The molecular weight excluding hydrogens is 614 g/mol. The van der Waals surface area contributed by atoms with E-state index in [0.29, 0.717) is 63.5 Å². The zero-order valence-corrected chi connectivity index (χ0v) is 27.6. The van der Waals surface area contributed by atoms with E-state index in [2.05, 4.69) is 38.0 Å². The number of allylic oxidation sites excluding steroid dienone is 2. The Labute approximate surface area is 279 Å². The Kier molecular flexibility index (Phi) is 10.6. The highest BCUT2D eigenvalue weighted by Gasteiger charge is 2.41. The molecule has 3 aliphatic rings. The third-order valence-electron chi connectivity index (χ3n) is 9.60. The molecule has 0 unspecified atom stereocenters. The van der Waals surface area contributed by atoms with E-state index in [1.54, 1.807) is 7.11 Å². The van der Waals surface area contributed by atoms with Crippen molar-refractivity contribution in [3.8, 4) is 17.0 Å². The lowest BCUT2D eigenvalue weighted by Crippen LogP contribution is -2.58. The van der Waals surface area contributed by atoms with Gasteiger partial charge in [-0.3, -0.25) is 19.3 Å². The Hall–Kier alpha value is -4.06. The molecule has 3 aromatic rings. The summed E-state index contributed by atoms with van der Waals surface area (Å²) in [5.41, 5.74) is 2.15. The summed E-state index contributed by atoms with van der Waals surface area (Å²) in [5, 5.41) is 11.9. The number of thiazole rings is 1. The summed E-state index contributed by atoms with van der Waals surface area (Å²) in [6, 6.07) is 16.7. The van der Waals surface area contributed by atoms with Crippen LogP contribution in [0, 0.1) is 11.3 Å². The molecule has 3 aliphatic heterocycles. The lowest BCUT2D eigenvalue weighted by atomic mass is 9.75. The number of anilines is 1. The van der Waals surface area contributed by atoms with E-state index >= 15 is 0 Å². The number of amides is 3. The van der Waals surface area contributed by atoms with Gasteiger partial charge >= 0.3 is 0 Å². The second-order valence-corrected chi connectivity index (χ2v) is 13.6. The maximum atomic E-state index is 13.8. The molecule has 11 heteroatoms. The van der Waals surface area contributed by atoms with E-state index in [4.69, 9.17) is 9.47 Å². The third kappa shape index (κ3) is 8.27. The molecule has 1 spiro atoms. The lowest BCUT2D eigenvalue weighted by molar-refractivity contribution is -0.140. The van der Waals surface area contributed by atoms with E-state index in [9.17, 15) is 14.4 Å². The molecule has 47 heavy (non-hydrogen) atoms. The van der Waals surface area contributed by atoms with Crippen LogP contribution in [0.15, 0.2) is 72.1 Å². The average Bonchev–Trinajstić information content (AvgIpc) is 3.56. The maximum absolute atomic E-state index is 13.8. The van der Waals surface area contributed by atoms with E-state index in [0.717, 1.165) is 29.0 Å². The number of piperidine rings is 1. The summed E-state index contributed by atoms with van der Waals surface area (Å²) in [6.45, 7) is 2.65. The highest BCUT2D eigenvalue weighted by atomic mass is 32.1. The molecule has 0 aliphatic carbocycles. The van der Waals surface area contributed by atoms with Gasteiger partial charge < -0.3 is 25.4 Å². The Bertz CT molecular complexity index is 1550. The summed E-state index contributed by atoms with van der Waals surface area (Å²) in [4.78, 5) is 47.5. The number of carbonyl (C=O) groups is 3. The molecule has 1 aromatic heterocycles. The number of nitrogens with zero attached hydrogens (tertiary/aromatic N) is 2. The Morgan fingerprint density at radius 3 is 2.64 bits per heavy atom. The first-order valence-corrected chi connectivity index (χ1v) is 17.3. The van der Waals surface area contributed by atoms with Crippen molar-refractivity contribution >= 4 is 34.2 Å². The number of benzene rings is 2. The monoisotopic (exact) mass is 657 g/mol. The molecule has 3 atom stereocenters. The van der Waals surface area contributed by atoms with Gasteiger partial charge in [0.25, 0.3) is 0 Å². The molecule has 3 amide bonds. The molecule has 4 heterocycles. The van der Waals surface area contributed by atoms with Gasteiger partial charge in [0.15, 0.2) is 5.13 Å². The van der Waals surface area contributed by atoms with Crippen LogP contribution in [-0.4, -0.2) is 79.6 Å². The minimum Gasteiger partial charge on any atom is -0.497 e. The maximum Gasteiger partial charge on any atom is 0.243 e. The van der Waals surface area contributed by atoms with E-state index in [-0.39, 0.29) is 36.2 Å². The second kappa shape index (κ2) is 15.2. The van der Waals surface area contributed by atoms with Gasteiger partial charge in [-0.1, -0.05) is 42.5 Å². The quantitative estimate of drug-likeness (QED) is 0.322. The standard InChI is InChI=1S/C36H43N5O5S/c1-45-28-12-10-26(11-13-28)31-24-47-35(39-31)40-32(42)23-41-18-14-29-27(22-41)9-5-6-15-36(16-19-46-20-17-36)34(44)38-30(33(43)37-29)21-25-7-3-2-4-8-25/h2-8,10-13,24,27,29-30H,9,14-23H2,1H3,(H,37,43)(H,38,44)(H,39,40,42)/b6-5+/t27-,29+,30-/m0/s1. The van der Waals surface area contributed by atoms with Crippen LogP contribution in [0.25, 0.3) is 11.3 Å². The number of likely N-dealkylation sites (tertiary alicyclic amines) is 1. The fourth-order valence-electron chi connectivity index (χ4n) is 6.79. The smallest absolute Gasteiger partial charge is 0.243 e. The van der Waals surface area contributed by atoms with Crippen LogP contribution in [0.1, 0.15) is 37.7 Å². The Morgan fingerprint density at radius 2 is 1.87 bits per heavy atom. The Morgan fingerprint density at radius 1 is 1.09 bits per heavy atom. The summed E-state index contributed by atoms with van der Waals surface area (Å²) >= 11 is 1.40. The molecule has 248 valence electrons. The average molecular weight is 658 g/mol. The number of hydrogen-bond acceptors (Lipinski definition) is 8. The van der Waals surface area contributed by atoms with Crippen molar-refractivity contribution in [1.29, 1.82) is 0 Å². The highest BCUT2D eigenvalue weighted by Crippen LogP contribution is 2.36. The zero-order valence-electron chi connectivity index (χ0n) is 26.8. The fourth-order valence-corrected chi connectivity index (χ4v) is 7.52. The van der Waals surface area contributed by atoms with E-state index < -0.39 is 11.5 Å². The number of nitrogens with one attached hydrogen (secondary N) is 3. The largest absolute Gasteiger partial charge is 0.497 e. The minimum atomic E-state index is -0.682.